The van der Waals surface area contributed by atoms with Crippen molar-refractivity contribution in [2.45, 2.75) is 19.7 Å². The van der Waals surface area contributed by atoms with E-state index in [2.05, 4.69) is 0 Å². The highest BCUT2D eigenvalue weighted by Crippen LogP contribution is 2.24. The third kappa shape index (κ3) is 3.32. The minimum atomic E-state index is -1.14. The number of rotatable bonds is 5. The molecule has 5 nitrogen and oxygen atoms in total. The monoisotopic (exact) mass is 241 g/mol. The maximum atomic E-state index is 10.6. The Morgan fingerprint density at radius 1 is 1.44 bits per heavy atom. The Morgan fingerprint density at radius 2 is 2.12 bits per heavy atom. The second-order valence-electron chi connectivity index (χ2n) is 3.61. The van der Waals surface area contributed by atoms with Crippen molar-refractivity contribution < 1.29 is 14.1 Å². The summed E-state index contributed by atoms with van der Waals surface area (Å²) in [4.78, 5) is 10.2. The average Bonchev–Trinajstić information content (AvgIpc) is 2.25. The maximum absolute atomic E-state index is 10.6. The van der Waals surface area contributed by atoms with Gasteiger partial charge in [-0.1, -0.05) is 0 Å². The molecular formula is C10H15NO4Si. The number of ether oxygens (including phenoxy) is 1. The van der Waals surface area contributed by atoms with Crippen LogP contribution < -0.4 is 4.74 Å². The Balaban J connectivity index is 2.93. The van der Waals surface area contributed by atoms with Crippen molar-refractivity contribution in [2.24, 2.45) is 0 Å². The molecule has 0 heterocycles. The Labute approximate surface area is 95.9 Å². The van der Waals surface area contributed by atoms with Crippen molar-refractivity contribution in [3.05, 3.63) is 33.9 Å². The molecule has 0 aromatic heterocycles. The molecule has 0 atom stereocenters. The highest BCUT2D eigenvalue weighted by atomic mass is 28.3. The molecule has 1 aromatic carbocycles. The van der Waals surface area contributed by atoms with E-state index in [4.69, 9.17) is 9.16 Å². The summed E-state index contributed by atoms with van der Waals surface area (Å²) in [6.07, 6.45) is 0. The fourth-order valence-corrected chi connectivity index (χ4v) is 1.76. The van der Waals surface area contributed by atoms with E-state index in [1.54, 1.807) is 6.07 Å². The Kier molecular flexibility index (Phi) is 4.45. The van der Waals surface area contributed by atoms with Crippen molar-refractivity contribution in [3.63, 3.8) is 0 Å². The van der Waals surface area contributed by atoms with Gasteiger partial charge in [-0.15, -0.1) is 0 Å². The number of hydrogen-bond acceptors (Lipinski definition) is 4. The number of nitro benzene ring substituents is 1. The second kappa shape index (κ2) is 5.62. The van der Waals surface area contributed by atoms with Gasteiger partial charge in [-0.05, 0) is 19.2 Å². The summed E-state index contributed by atoms with van der Waals surface area (Å²) in [5.41, 5.74) is 0.780. The molecule has 16 heavy (non-hydrogen) atoms. The summed E-state index contributed by atoms with van der Waals surface area (Å²) in [6.45, 7) is 4.46. The van der Waals surface area contributed by atoms with Crippen LogP contribution in [0.5, 0.6) is 5.75 Å². The standard InChI is InChI=1S/C10H15NO4Si/c1-14-10-5-4-9(11(12)13)6-8(10)7-15-16(2)3/h4-6,16H,7H2,1-3H3. The van der Waals surface area contributed by atoms with Gasteiger partial charge in [0, 0.05) is 17.7 Å². The molecule has 0 N–H and O–H groups in total. The number of benzene rings is 1. The zero-order valence-electron chi connectivity index (χ0n) is 9.60. The van der Waals surface area contributed by atoms with E-state index in [9.17, 15) is 10.1 Å². The summed E-state index contributed by atoms with van der Waals surface area (Å²) in [7, 11) is 0.401. The van der Waals surface area contributed by atoms with Gasteiger partial charge in [0.05, 0.1) is 18.6 Å². The molecule has 0 amide bonds. The normalized spacial score (nSPS) is 10.5. The van der Waals surface area contributed by atoms with Gasteiger partial charge in [0.15, 0.2) is 9.04 Å². The van der Waals surface area contributed by atoms with Crippen molar-refractivity contribution in [3.8, 4) is 5.75 Å². The van der Waals surface area contributed by atoms with Crippen LogP contribution in [0, 0.1) is 10.1 Å². The molecule has 0 radical (unpaired) electrons. The maximum Gasteiger partial charge on any atom is 0.270 e. The van der Waals surface area contributed by atoms with Gasteiger partial charge < -0.3 is 9.16 Å². The number of non-ortho nitro benzene ring substituents is 1. The first kappa shape index (κ1) is 12.7. The van der Waals surface area contributed by atoms with Gasteiger partial charge in [0.2, 0.25) is 0 Å². The molecule has 88 valence electrons. The van der Waals surface area contributed by atoms with Gasteiger partial charge in [0.25, 0.3) is 5.69 Å². The Hall–Kier alpha value is -1.40. The summed E-state index contributed by atoms with van der Waals surface area (Å²) in [5, 5.41) is 10.6. The Morgan fingerprint density at radius 3 is 2.62 bits per heavy atom. The number of hydrogen-bond donors (Lipinski definition) is 0. The van der Waals surface area contributed by atoms with Gasteiger partial charge in [-0.25, -0.2) is 0 Å². The van der Waals surface area contributed by atoms with E-state index in [1.165, 1.54) is 19.2 Å². The molecule has 0 aliphatic heterocycles. The summed E-state index contributed by atoms with van der Waals surface area (Å²) >= 11 is 0. The van der Waals surface area contributed by atoms with Gasteiger partial charge in [-0.3, -0.25) is 10.1 Å². The lowest BCUT2D eigenvalue weighted by Gasteiger charge is -2.10. The second-order valence-corrected chi connectivity index (χ2v) is 6.04. The van der Waals surface area contributed by atoms with Crippen LogP contribution in [0.4, 0.5) is 5.69 Å². The smallest absolute Gasteiger partial charge is 0.270 e. The van der Waals surface area contributed by atoms with E-state index in [-0.39, 0.29) is 5.69 Å². The first-order valence-electron chi connectivity index (χ1n) is 4.97. The van der Waals surface area contributed by atoms with E-state index >= 15 is 0 Å². The van der Waals surface area contributed by atoms with Crippen molar-refractivity contribution in [1.82, 2.24) is 0 Å². The molecule has 0 aliphatic rings. The molecule has 0 spiro atoms. The predicted octanol–water partition coefficient (Wildman–Crippen LogP) is 2.10. The number of nitro groups is 1. The van der Waals surface area contributed by atoms with Gasteiger partial charge >= 0.3 is 0 Å². The first-order valence-corrected chi connectivity index (χ1v) is 7.75. The summed E-state index contributed by atoms with van der Waals surface area (Å²) in [6, 6.07) is 4.52. The SMILES string of the molecule is COc1ccc([N+](=O)[O-])cc1CO[SiH](C)C. The van der Waals surface area contributed by atoms with E-state index < -0.39 is 14.0 Å². The van der Waals surface area contributed by atoms with Crippen LogP contribution in [0.3, 0.4) is 0 Å². The molecule has 1 aromatic rings. The number of methoxy groups -OCH3 is 1. The van der Waals surface area contributed by atoms with Gasteiger partial charge in [0.1, 0.15) is 5.75 Å². The largest absolute Gasteiger partial charge is 0.496 e. The van der Waals surface area contributed by atoms with Crippen LogP contribution >= 0.6 is 0 Å². The molecule has 0 bridgehead atoms. The minimum absolute atomic E-state index is 0.0600. The fourth-order valence-electron chi connectivity index (χ4n) is 1.25. The lowest BCUT2D eigenvalue weighted by atomic mass is 10.2. The number of nitrogens with zero attached hydrogens (tertiary/aromatic N) is 1. The van der Waals surface area contributed by atoms with Crippen molar-refractivity contribution in [2.75, 3.05) is 7.11 Å². The fraction of sp³-hybridized carbons (Fsp3) is 0.400. The topological polar surface area (TPSA) is 61.6 Å². The first-order chi connectivity index (χ1) is 7.54. The summed E-state index contributed by atoms with van der Waals surface area (Å²) < 4.78 is 10.7. The van der Waals surface area contributed by atoms with E-state index in [0.717, 1.165) is 5.56 Å². The van der Waals surface area contributed by atoms with Crippen LogP contribution in [0.25, 0.3) is 0 Å². The van der Waals surface area contributed by atoms with E-state index in [1.807, 2.05) is 13.1 Å². The Bertz CT molecular complexity index is 381. The highest BCUT2D eigenvalue weighted by Gasteiger charge is 2.11. The lowest BCUT2D eigenvalue weighted by molar-refractivity contribution is -0.385. The van der Waals surface area contributed by atoms with Gasteiger partial charge in [-0.2, -0.15) is 0 Å². The molecule has 0 aliphatic carbocycles. The zero-order chi connectivity index (χ0) is 12.1. The molecule has 0 unspecified atom stereocenters. The predicted molar refractivity (Wildman–Crippen MR) is 63.3 cm³/mol. The minimum Gasteiger partial charge on any atom is -0.496 e. The molecule has 6 heteroatoms. The molecule has 0 saturated carbocycles. The van der Waals surface area contributed by atoms with Crippen LogP contribution in [0.15, 0.2) is 18.2 Å². The van der Waals surface area contributed by atoms with Crippen molar-refractivity contribution in [1.29, 1.82) is 0 Å². The third-order valence-corrected chi connectivity index (χ3v) is 2.88. The van der Waals surface area contributed by atoms with Crippen LogP contribution in [0.2, 0.25) is 13.1 Å². The van der Waals surface area contributed by atoms with Crippen LogP contribution in [-0.2, 0) is 11.0 Å². The molecule has 0 fully saturated rings. The molecule has 0 saturated heterocycles. The molecule has 1 rings (SSSR count). The van der Waals surface area contributed by atoms with Crippen LogP contribution in [-0.4, -0.2) is 21.1 Å². The summed E-state index contributed by atoms with van der Waals surface area (Å²) in [5.74, 6) is 0.625. The van der Waals surface area contributed by atoms with Crippen LogP contribution in [0.1, 0.15) is 5.56 Å². The van der Waals surface area contributed by atoms with E-state index in [0.29, 0.717) is 12.4 Å². The van der Waals surface area contributed by atoms with Crippen molar-refractivity contribution >= 4 is 14.7 Å². The lowest BCUT2D eigenvalue weighted by Crippen LogP contribution is -2.08. The highest BCUT2D eigenvalue weighted by molar-refractivity contribution is 6.48. The zero-order valence-corrected chi connectivity index (χ0v) is 10.8. The third-order valence-electron chi connectivity index (χ3n) is 2.05. The quantitative estimate of drug-likeness (QED) is 0.450. The molecular weight excluding hydrogens is 226 g/mol. The average molecular weight is 241 g/mol.